The van der Waals surface area contributed by atoms with E-state index in [1.807, 2.05) is 0 Å². The molecule has 10 aromatic rings. The molecule has 4 nitrogen and oxygen atoms in total. The molecule has 3 aromatic heterocycles. The largest absolute Gasteiger partial charge is 0.440 e. The van der Waals surface area contributed by atoms with Crippen LogP contribution in [0.15, 0.2) is 144 Å². The highest BCUT2D eigenvalue weighted by atomic mass is 16.4. The van der Waals surface area contributed by atoms with Crippen LogP contribution in [0.25, 0.3) is 71.4 Å². The average molecular weight is 792 g/mol. The van der Waals surface area contributed by atoms with Crippen molar-refractivity contribution in [2.75, 3.05) is 4.90 Å². The Labute approximate surface area is 358 Å². The van der Waals surface area contributed by atoms with Crippen LogP contribution in [0.1, 0.15) is 79.0 Å². The predicted molar refractivity (Wildman–Crippen MR) is 260 cm³/mol. The lowest BCUT2D eigenvalue weighted by atomic mass is 9.45. The molecule has 0 saturated carbocycles. The van der Waals surface area contributed by atoms with Crippen LogP contribution in [0.5, 0.6) is 0 Å². The highest BCUT2D eigenvalue weighted by molar-refractivity contribution is 6.91. The van der Waals surface area contributed by atoms with Gasteiger partial charge >= 0.3 is 6.85 Å². The predicted octanol–water partition coefficient (Wildman–Crippen LogP) is 13.9. The maximum absolute atomic E-state index is 7.27. The van der Waals surface area contributed by atoms with Crippen LogP contribution in [0.2, 0.25) is 0 Å². The van der Waals surface area contributed by atoms with Crippen molar-refractivity contribution < 1.29 is 4.42 Å². The lowest BCUT2D eigenvalue weighted by Crippen LogP contribution is -2.56. The van der Waals surface area contributed by atoms with Gasteiger partial charge in [0.25, 0.3) is 0 Å². The second-order valence-electron chi connectivity index (χ2n) is 20.6. The van der Waals surface area contributed by atoms with Gasteiger partial charge in [0.1, 0.15) is 5.58 Å². The van der Waals surface area contributed by atoms with E-state index in [1.165, 1.54) is 93.4 Å². The number of aromatic nitrogens is 2. The van der Waals surface area contributed by atoms with Gasteiger partial charge in [-0.1, -0.05) is 147 Å². The van der Waals surface area contributed by atoms with E-state index in [-0.39, 0.29) is 23.1 Å². The van der Waals surface area contributed by atoms with Gasteiger partial charge in [-0.05, 0) is 98.6 Å². The maximum Gasteiger partial charge on any atom is 0.337 e. The first-order chi connectivity index (χ1) is 29.2. The van der Waals surface area contributed by atoms with Crippen molar-refractivity contribution in [3.63, 3.8) is 0 Å². The number of fused-ring (bicyclic) bond motifs is 13. The zero-order valence-electron chi connectivity index (χ0n) is 36.6. The fraction of sp³-hybridized carbons (Fsp3) is 0.214. The molecule has 0 N–H and O–H groups in total. The molecular weight excluding hydrogens is 741 g/mol. The zero-order chi connectivity index (χ0) is 41.9. The third-order valence-corrected chi connectivity index (χ3v) is 13.8. The van der Waals surface area contributed by atoms with Gasteiger partial charge in [-0.15, -0.1) is 0 Å². The van der Waals surface area contributed by atoms with Crippen molar-refractivity contribution in [1.82, 2.24) is 9.05 Å². The Kier molecular flexibility index (Phi) is 7.22. The standard InChI is InChI=1S/C56H50BN3O/c1-54(2,3)33-22-25-37(26-23-33)59-46-32-35(56(7,8)9)31-42-39-19-15-20-41-48-45(28-27-40-38-18-13-14-21-44(38)58(52(40)48)36-16-11-10-12-17-36)60(51(39)41)57(49(42)46)50-43-30-34(55(4,5)6)24-29-47(43)61-53(50)59/h10-32H,1-9H3. The quantitative estimate of drug-likeness (QED) is 0.163. The summed E-state index contributed by atoms with van der Waals surface area (Å²) in [5, 5.41) is 6.26. The molecule has 298 valence electrons. The Morgan fingerprint density at radius 1 is 0.459 bits per heavy atom. The second-order valence-corrected chi connectivity index (χ2v) is 20.6. The highest BCUT2D eigenvalue weighted by Crippen LogP contribution is 2.50. The SMILES string of the molecule is CC(C)(C)c1ccc(N2c3cc(C(C)(C)C)cc4c3B(c3c2oc2ccc(C(C)(C)C)cc32)n2c3ccc5c6ccccc6n(-c6ccccc6)c5c3c3cccc-4c32)cc1. The smallest absolute Gasteiger partial charge is 0.337 e. The first-order valence-corrected chi connectivity index (χ1v) is 21.9. The number of nitrogens with zero attached hydrogens (tertiary/aromatic N) is 3. The summed E-state index contributed by atoms with van der Waals surface area (Å²) in [6, 6.07) is 52.6. The van der Waals surface area contributed by atoms with Gasteiger partial charge in [0.2, 0.25) is 5.88 Å². The van der Waals surface area contributed by atoms with Crippen molar-refractivity contribution >= 4 is 89.6 Å². The average Bonchev–Trinajstić information content (AvgIpc) is 3.90. The molecule has 0 saturated heterocycles. The number of rotatable bonds is 2. The molecule has 2 aliphatic heterocycles. The van der Waals surface area contributed by atoms with Crippen LogP contribution >= 0.6 is 0 Å². The molecule has 0 fully saturated rings. The molecule has 7 aromatic carbocycles. The van der Waals surface area contributed by atoms with E-state index in [1.54, 1.807) is 0 Å². The highest BCUT2D eigenvalue weighted by Gasteiger charge is 2.47. The van der Waals surface area contributed by atoms with Crippen molar-refractivity contribution in [2.45, 2.75) is 78.6 Å². The first kappa shape index (κ1) is 36.4. The fourth-order valence-corrected chi connectivity index (χ4v) is 10.6. The number of hydrogen-bond acceptors (Lipinski definition) is 2. The third-order valence-electron chi connectivity index (χ3n) is 13.8. The summed E-state index contributed by atoms with van der Waals surface area (Å²) in [5.41, 5.74) is 18.3. The van der Waals surface area contributed by atoms with Gasteiger partial charge in [0, 0.05) is 66.1 Å². The molecule has 2 aliphatic rings. The van der Waals surface area contributed by atoms with Crippen molar-refractivity contribution in [1.29, 1.82) is 0 Å². The molecule has 0 amide bonds. The van der Waals surface area contributed by atoms with Gasteiger partial charge in [-0.3, -0.25) is 4.90 Å². The molecule has 0 unspecified atom stereocenters. The normalized spacial score (nSPS) is 13.9. The fourth-order valence-electron chi connectivity index (χ4n) is 10.6. The van der Waals surface area contributed by atoms with Crippen molar-refractivity contribution in [2.24, 2.45) is 0 Å². The van der Waals surface area contributed by atoms with Crippen LogP contribution in [-0.2, 0) is 16.2 Å². The third kappa shape index (κ3) is 5.01. The summed E-state index contributed by atoms with van der Waals surface area (Å²) in [4.78, 5) is 2.44. The molecule has 12 rings (SSSR count). The monoisotopic (exact) mass is 791 g/mol. The van der Waals surface area contributed by atoms with Crippen LogP contribution in [0.3, 0.4) is 0 Å². The van der Waals surface area contributed by atoms with Crippen LogP contribution in [0.4, 0.5) is 17.3 Å². The van der Waals surface area contributed by atoms with E-state index in [9.17, 15) is 0 Å². The summed E-state index contributed by atoms with van der Waals surface area (Å²) < 4.78 is 12.5. The molecule has 0 aliphatic carbocycles. The van der Waals surface area contributed by atoms with E-state index in [0.29, 0.717) is 0 Å². The Morgan fingerprint density at radius 2 is 1.15 bits per heavy atom. The van der Waals surface area contributed by atoms with E-state index in [2.05, 4.69) is 216 Å². The van der Waals surface area contributed by atoms with Crippen LogP contribution < -0.4 is 15.8 Å². The lowest BCUT2D eigenvalue weighted by molar-refractivity contribution is 0.588. The zero-order valence-corrected chi connectivity index (χ0v) is 36.6. The Morgan fingerprint density at radius 3 is 1.89 bits per heavy atom. The number of benzene rings is 7. The summed E-state index contributed by atoms with van der Waals surface area (Å²) in [6.07, 6.45) is 0. The summed E-state index contributed by atoms with van der Waals surface area (Å²) in [6.45, 7) is 20.7. The van der Waals surface area contributed by atoms with Gasteiger partial charge in [-0.25, -0.2) is 0 Å². The van der Waals surface area contributed by atoms with Crippen molar-refractivity contribution in [3.05, 3.63) is 156 Å². The Bertz CT molecular complexity index is 3470. The first-order valence-electron chi connectivity index (χ1n) is 21.9. The van der Waals surface area contributed by atoms with Gasteiger partial charge in [0.15, 0.2) is 0 Å². The molecule has 0 bridgehead atoms. The van der Waals surface area contributed by atoms with E-state index in [4.69, 9.17) is 4.42 Å². The molecule has 0 spiro atoms. The molecule has 0 radical (unpaired) electrons. The van der Waals surface area contributed by atoms with E-state index < -0.39 is 0 Å². The topological polar surface area (TPSA) is 26.2 Å². The van der Waals surface area contributed by atoms with E-state index >= 15 is 0 Å². The number of furan rings is 1. The molecule has 0 atom stereocenters. The summed E-state index contributed by atoms with van der Waals surface area (Å²) >= 11 is 0. The minimum atomic E-state index is -0.141. The Balaban J connectivity index is 1.27. The minimum Gasteiger partial charge on any atom is -0.440 e. The van der Waals surface area contributed by atoms with Crippen LogP contribution in [-0.4, -0.2) is 15.9 Å². The summed E-state index contributed by atoms with van der Waals surface area (Å²) in [7, 11) is 0. The maximum atomic E-state index is 7.27. The van der Waals surface area contributed by atoms with Crippen molar-refractivity contribution in [3.8, 4) is 16.8 Å². The van der Waals surface area contributed by atoms with E-state index in [0.717, 1.165) is 22.8 Å². The number of para-hydroxylation sites is 3. The molecule has 5 heterocycles. The van der Waals surface area contributed by atoms with Gasteiger partial charge in [-0.2, -0.15) is 0 Å². The Hall–Kier alpha value is -6.46. The molecule has 5 heteroatoms. The molecular formula is C56H50BN3O. The second kappa shape index (κ2) is 12.1. The molecule has 61 heavy (non-hydrogen) atoms. The van der Waals surface area contributed by atoms with Crippen LogP contribution in [0, 0.1) is 0 Å². The number of anilines is 3. The summed E-state index contributed by atoms with van der Waals surface area (Å²) in [5.74, 6) is 0.896. The lowest BCUT2D eigenvalue weighted by Gasteiger charge is -2.39. The minimum absolute atomic E-state index is 0.0346. The van der Waals surface area contributed by atoms with Gasteiger partial charge in [0.05, 0.1) is 11.0 Å². The van der Waals surface area contributed by atoms with Gasteiger partial charge < -0.3 is 13.5 Å². The number of hydrogen-bond donors (Lipinski definition) is 0.